The first kappa shape index (κ1) is 15.3. The molecule has 0 aliphatic carbocycles. The number of benzene rings is 1. The van der Waals surface area contributed by atoms with Gasteiger partial charge >= 0.3 is 6.18 Å². The molecule has 1 aromatic carbocycles. The molecule has 1 aliphatic rings. The fourth-order valence-corrected chi connectivity index (χ4v) is 2.68. The Kier molecular flexibility index (Phi) is 4.36. The summed E-state index contributed by atoms with van der Waals surface area (Å²) in [6, 6.07) is 3.43. The molecule has 3 N–H and O–H groups in total. The molecule has 1 heterocycles. The number of alkyl halides is 3. The summed E-state index contributed by atoms with van der Waals surface area (Å²) in [4.78, 5) is 0. The third-order valence-electron chi connectivity index (χ3n) is 3.75. The number of nitrogens with one attached hydrogen (secondary N) is 1. The second kappa shape index (κ2) is 5.71. The topological polar surface area (TPSA) is 47.3 Å². The highest BCUT2D eigenvalue weighted by molar-refractivity contribution is 5.35. The molecule has 0 bridgehead atoms. The summed E-state index contributed by atoms with van der Waals surface area (Å²) in [5.41, 5.74) is 3.34. The Balaban J connectivity index is 2.27. The van der Waals surface area contributed by atoms with Gasteiger partial charge in [0.1, 0.15) is 0 Å². The predicted octanol–water partition coefficient (Wildman–Crippen LogP) is 3.09. The van der Waals surface area contributed by atoms with Crippen LogP contribution in [0, 0.1) is 6.92 Å². The van der Waals surface area contributed by atoms with Crippen LogP contribution < -0.4 is 11.3 Å². The Hall–Kier alpha value is -1.11. The molecule has 112 valence electrons. The summed E-state index contributed by atoms with van der Waals surface area (Å²) in [6.45, 7) is 3.64. The summed E-state index contributed by atoms with van der Waals surface area (Å²) in [5.74, 6) is 5.57. The molecule has 1 aliphatic heterocycles. The minimum absolute atomic E-state index is 0.106. The zero-order chi connectivity index (χ0) is 14.9. The van der Waals surface area contributed by atoms with Crippen LogP contribution in [0.15, 0.2) is 18.2 Å². The third-order valence-corrected chi connectivity index (χ3v) is 3.75. The van der Waals surface area contributed by atoms with Crippen LogP contribution in [0.1, 0.15) is 42.5 Å². The van der Waals surface area contributed by atoms with Crippen molar-refractivity contribution in [1.29, 1.82) is 0 Å². The Morgan fingerprint density at radius 2 is 2.05 bits per heavy atom. The zero-order valence-corrected chi connectivity index (χ0v) is 11.5. The number of hydrazine groups is 1. The van der Waals surface area contributed by atoms with Gasteiger partial charge in [0.05, 0.1) is 23.8 Å². The molecule has 0 saturated carbocycles. The van der Waals surface area contributed by atoms with E-state index in [-0.39, 0.29) is 18.2 Å². The molecule has 2 rings (SSSR count). The van der Waals surface area contributed by atoms with E-state index in [1.54, 1.807) is 6.92 Å². The number of aryl methyl sites for hydroxylation is 1. The molecule has 1 aromatic rings. The van der Waals surface area contributed by atoms with E-state index in [9.17, 15) is 13.2 Å². The molecular formula is C14H19F3N2O. The fraction of sp³-hybridized carbons (Fsp3) is 0.571. The van der Waals surface area contributed by atoms with Crippen LogP contribution in [-0.4, -0.2) is 12.2 Å². The maximum atomic E-state index is 12.7. The number of halogens is 3. The number of rotatable bonds is 3. The minimum Gasteiger partial charge on any atom is -0.373 e. The van der Waals surface area contributed by atoms with Gasteiger partial charge in [-0.2, -0.15) is 13.2 Å². The number of hydrogen-bond acceptors (Lipinski definition) is 3. The van der Waals surface area contributed by atoms with Gasteiger partial charge < -0.3 is 4.74 Å². The van der Waals surface area contributed by atoms with E-state index in [1.165, 1.54) is 6.07 Å². The molecule has 1 fully saturated rings. The van der Waals surface area contributed by atoms with Crippen molar-refractivity contribution in [2.45, 2.75) is 51.1 Å². The van der Waals surface area contributed by atoms with Crippen molar-refractivity contribution in [2.24, 2.45) is 5.84 Å². The first-order valence-electron chi connectivity index (χ1n) is 6.62. The Bertz CT molecular complexity index is 476. The van der Waals surface area contributed by atoms with E-state index in [1.807, 2.05) is 6.92 Å². The third kappa shape index (κ3) is 3.13. The molecule has 3 atom stereocenters. The van der Waals surface area contributed by atoms with Gasteiger partial charge in [0.2, 0.25) is 0 Å². The molecule has 20 heavy (non-hydrogen) atoms. The Morgan fingerprint density at radius 3 is 2.50 bits per heavy atom. The lowest BCUT2D eigenvalue weighted by Crippen LogP contribution is -2.37. The van der Waals surface area contributed by atoms with Gasteiger partial charge in [-0.15, -0.1) is 0 Å². The van der Waals surface area contributed by atoms with E-state index in [4.69, 9.17) is 10.6 Å². The second-order valence-corrected chi connectivity index (χ2v) is 5.28. The maximum Gasteiger partial charge on any atom is 0.416 e. The molecule has 1 saturated heterocycles. The highest BCUT2D eigenvalue weighted by Crippen LogP contribution is 2.34. The van der Waals surface area contributed by atoms with Gasteiger partial charge in [-0.25, -0.2) is 0 Å². The second-order valence-electron chi connectivity index (χ2n) is 5.28. The quantitative estimate of drug-likeness (QED) is 0.663. The van der Waals surface area contributed by atoms with Crippen molar-refractivity contribution >= 4 is 0 Å². The lowest BCUT2D eigenvalue weighted by molar-refractivity contribution is -0.137. The summed E-state index contributed by atoms with van der Waals surface area (Å²) >= 11 is 0. The largest absolute Gasteiger partial charge is 0.416 e. The average molecular weight is 288 g/mol. The van der Waals surface area contributed by atoms with Crippen molar-refractivity contribution in [1.82, 2.24) is 5.43 Å². The summed E-state index contributed by atoms with van der Waals surface area (Å²) in [5, 5.41) is 0. The van der Waals surface area contributed by atoms with Crippen LogP contribution >= 0.6 is 0 Å². The van der Waals surface area contributed by atoms with Gasteiger partial charge in [-0.05, 0) is 49.9 Å². The Labute approximate surface area is 116 Å². The lowest BCUT2D eigenvalue weighted by atomic mass is 9.94. The van der Waals surface area contributed by atoms with E-state index in [2.05, 4.69) is 5.43 Å². The molecular weight excluding hydrogens is 269 g/mol. The Morgan fingerprint density at radius 1 is 1.35 bits per heavy atom. The van der Waals surface area contributed by atoms with Gasteiger partial charge in [0.15, 0.2) is 0 Å². The van der Waals surface area contributed by atoms with Gasteiger partial charge in [0, 0.05) is 0 Å². The van der Waals surface area contributed by atoms with Crippen molar-refractivity contribution in [2.75, 3.05) is 0 Å². The lowest BCUT2D eigenvalue weighted by Gasteiger charge is -2.25. The fourth-order valence-electron chi connectivity index (χ4n) is 2.68. The highest BCUT2D eigenvalue weighted by atomic mass is 19.4. The van der Waals surface area contributed by atoms with Crippen LogP contribution in [0.4, 0.5) is 13.2 Å². The molecule has 0 spiro atoms. The molecule has 3 nitrogen and oxygen atoms in total. The molecule has 0 amide bonds. The highest BCUT2D eigenvalue weighted by Gasteiger charge is 2.33. The van der Waals surface area contributed by atoms with Crippen LogP contribution in [0.25, 0.3) is 0 Å². The van der Waals surface area contributed by atoms with Gasteiger partial charge in [-0.1, -0.05) is 6.07 Å². The number of ether oxygens (including phenoxy) is 1. The normalized spacial score (nSPS) is 24.9. The SMILES string of the molecule is Cc1cc(C(F)(F)F)ccc1C(NN)C1CCC(C)O1. The first-order valence-corrected chi connectivity index (χ1v) is 6.62. The van der Waals surface area contributed by atoms with Crippen molar-refractivity contribution in [3.8, 4) is 0 Å². The predicted molar refractivity (Wildman–Crippen MR) is 69.8 cm³/mol. The van der Waals surface area contributed by atoms with Gasteiger partial charge in [0.25, 0.3) is 0 Å². The van der Waals surface area contributed by atoms with Crippen LogP contribution in [0.2, 0.25) is 0 Å². The number of nitrogens with two attached hydrogens (primary N) is 1. The monoisotopic (exact) mass is 288 g/mol. The van der Waals surface area contributed by atoms with Crippen LogP contribution in [0.3, 0.4) is 0 Å². The van der Waals surface area contributed by atoms with E-state index in [0.29, 0.717) is 5.56 Å². The molecule has 0 aromatic heterocycles. The van der Waals surface area contributed by atoms with Crippen molar-refractivity contribution < 1.29 is 17.9 Å². The van der Waals surface area contributed by atoms with Crippen LogP contribution in [0.5, 0.6) is 0 Å². The van der Waals surface area contributed by atoms with E-state index in [0.717, 1.165) is 30.5 Å². The van der Waals surface area contributed by atoms with Crippen molar-refractivity contribution in [3.05, 3.63) is 34.9 Å². The molecule has 6 heteroatoms. The maximum absolute atomic E-state index is 12.7. The van der Waals surface area contributed by atoms with Crippen LogP contribution in [-0.2, 0) is 10.9 Å². The van der Waals surface area contributed by atoms with Crippen molar-refractivity contribution in [3.63, 3.8) is 0 Å². The molecule has 3 unspecified atom stereocenters. The van der Waals surface area contributed by atoms with E-state index < -0.39 is 11.7 Å². The summed E-state index contributed by atoms with van der Waals surface area (Å²) in [7, 11) is 0. The summed E-state index contributed by atoms with van der Waals surface area (Å²) < 4.78 is 43.8. The smallest absolute Gasteiger partial charge is 0.373 e. The first-order chi connectivity index (χ1) is 9.32. The standard InChI is InChI=1S/C14H19F3N2O/c1-8-7-10(14(15,16)17)4-5-11(8)13(19-18)12-6-3-9(2)20-12/h4-5,7,9,12-13,19H,3,6,18H2,1-2H3. The van der Waals surface area contributed by atoms with Gasteiger partial charge in [-0.3, -0.25) is 11.3 Å². The summed E-state index contributed by atoms with van der Waals surface area (Å²) in [6.07, 6.45) is -2.50. The average Bonchev–Trinajstić information content (AvgIpc) is 2.77. The number of hydrogen-bond donors (Lipinski definition) is 2. The zero-order valence-electron chi connectivity index (χ0n) is 11.5. The molecule has 0 radical (unpaired) electrons. The van der Waals surface area contributed by atoms with E-state index >= 15 is 0 Å². The minimum atomic E-state index is -4.33.